The van der Waals surface area contributed by atoms with Gasteiger partial charge in [0.05, 0.1) is 11.7 Å². The predicted molar refractivity (Wildman–Crippen MR) is 84.6 cm³/mol. The molecule has 0 N–H and O–H groups in total. The van der Waals surface area contributed by atoms with E-state index in [2.05, 4.69) is 21.1 Å². The lowest BCUT2D eigenvalue weighted by molar-refractivity contribution is -0.0394. The molecule has 1 aliphatic rings. The Balaban J connectivity index is 1.66. The molecule has 1 saturated heterocycles. The van der Waals surface area contributed by atoms with E-state index < -0.39 is 0 Å². The summed E-state index contributed by atoms with van der Waals surface area (Å²) in [4.78, 5) is 8.24. The third-order valence-electron chi connectivity index (χ3n) is 3.94. The van der Waals surface area contributed by atoms with Crippen LogP contribution in [0.2, 0.25) is 5.28 Å². The number of halogens is 1. The number of aromatic nitrogens is 4. The van der Waals surface area contributed by atoms with Crippen molar-refractivity contribution in [2.45, 2.75) is 25.5 Å². The van der Waals surface area contributed by atoms with Gasteiger partial charge in [0.15, 0.2) is 0 Å². The van der Waals surface area contributed by atoms with E-state index in [1.807, 2.05) is 29.2 Å². The average molecular weight is 315 g/mol. The van der Waals surface area contributed by atoms with Crippen molar-refractivity contribution in [3.05, 3.63) is 42.1 Å². The third-order valence-corrected chi connectivity index (χ3v) is 4.12. The van der Waals surface area contributed by atoms with Gasteiger partial charge in [-0.1, -0.05) is 6.07 Å². The maximum Gasteiger partial charge on any atom is 0.222 e. The van der Waals surface area contributed by atoms with E-state index in [4.69, 9.17) is 16.3 Å². The minimum absolute atomic E-state index is 0.0603. The lowest BCUT2D eigenvalue weighted by atomic mass is 10.1. The van der Waals surface area contributed by atoms with E-state index in [-0.39, 0.29) is 11.5 Å². The van der Waals surface area contributed by atoms with Crippen LogP contribution in [0.3, 0.4) is 0 Å². The van der Waals surface area contributed by atoms with Crippen LogP contribution < -0.4 is 0 Å². The Bertz CT molecular complexity index is 811. The highest BCUT2D eigenvalue weighted by Crippen LogP contribution is 2.27. The van der Waals surface area contributed by atoms with Gasteiger partial charge in [-0.05, 0) is 48.6 Å². The molecular formula is C16H15ClN4O. The van der Waals surface area contributed by atoms with Gasteiger partial charge in [0.25, 0.3) is 0 Å². The Morgan fingerprint density at radius 2 is 2.14 bits per heavy atom. The molecule has 3 heterocycles. The SMILES string of the molecule is Clc1ncc2cc(-c3cnn(C4CCCCO4)c3)ccc2n1. The lowest BCUT2D eigenvalue weighted by Gasteiger charge is -2.22. The molecule has 0 bridgehead atoms. The summed E-state index contributed by atoms with van der Waals surface area (Å²) in [5.74, 6) is 0. The summed E-state index contributed by atoms with van der Waals surface area (Å²) in [6, 6.07) is 6.02. The van der Waals surface area contributed by atoms with Gasteiger partial charge in [-0.15, -0.1) is 0 Å². The van der Waals surface area contributed by atoms with Crippen molar-refractivity contribution >= 4 is 22.5 Å². The molecule has 1 aromatic carbocycles. The van der Waals surface area contributed by atoms with Crippen molar-refractivity contribution in [3.8, 4) is 11.1 Å². The van der Waals surface area contributed by atoms with Gasteiger partial charge in [-0.2, -0.15) is 5.10 Å². The van der Waals surface area contributed by atoms with Gasteiger partial charge in [0, 0.05) is 30.0 Å². The molecule has 1 fully saturated rings. The predicted octanol–water partition coefficient (Wildman–Crippen LogP) is 3.85. The molecule has 0 spiro atoms. The van der Waals surface area contributed by atoms with Crippen molar-refractivity contribution in [2.75, 3.05) is 6.61 Å². The summed E-state index contributed by atoms with van der Waals surface area (Å²) in [5, 5.41) is 5.68. The molecule has 1 aliphatic heterocycles. The van der Waals surface area contributed by atoms with Crippen molar-refractivity contribution in [1.29, 1.82) is 0 Å². The van der Waals surface area contributed by atoms with Crippen LogP contribution in [0.1, 0.15) is 25.5 Å². The highest BCUT2D eigenvalue weighted by molar-refractivity contribution is 6.28. The highest BCUT2D eigenvalue weighted by atomic mass is 35.5. The first-order chi connectivity index (χ1) is 10.8. The van der Waals surface area contributed by atoms with Crippen LogP contribution in [0.25, 0.3) is 22.0 Å². The maximum absolute atomic E-state index is 5.82. The number of nitrogens with zero attached hydrogens (tertiary/aromatic N) is 4. The van der Waals surface area contributed by atoms with Crippen LogP contribution in [-0.2, 0) is 4.74 Å². The van der Waals surface area contributed by atoms with E-state index >= 15 is 0 Å². The Morgan fingerprint density at radius 3 is 3.00 bits per heavy atom. The van der Waals surface area contributed by atoms with Crippen molar-refractivity contribution in [2.24, 2.45) is 0 Å². The minimum Gasteiger partial charge on any atom is -0.357 e. The zero-order valence-corrected chi connectivity index (χ0v) is 12.7. The molecule has 2 aromatic heterocycles. The number of hydrogen-bond donors (Lipinski definition) is 0. The van der Waals surface area contributed by atoms with Gasteiger partial charge in [0.2, 0.25) is 5.28 Å². The van der Waals surface area contributed by atoms with Gasteiger partial charge in [-0.25, -0.2) is 14.6 Å². The Kier molecular flexibility index (Phi) is 3.52. The topological polar surface area (TPSA) is 52.8 Å². The summed E-state index contributed by atoms with van der Waals surface area (Å²) >= 11 is 5.82. The molecule has 1 unspecified atom stereocenters. The van der Waals surface area contributed by atoms with Crippen molar-refractivity contribution in [1.82, 2.24) is 19.7 Å². The fraction of sp³-hybridized carbons (Fsp3) is 0.312. The standard InChI is InChI=1S/C16H15ClN4O/c17-16-18-8-12-7-11(4-5-14(12)20-16)13-9-19-21(10-13)15-3-1-2-6-22-15/h4-5,7-10,15H,1-3,6H2. The van der Waals surface area contributed by atoms with Gasteiger partial charge in [0.1, 0.15) is 6.23 Å². The first-order valence-electron chi connectivity index (χ1n) is 7.38. The fourth-order valence-corrected chi connectivity index (χ4v) is 2.91. The molecule has 0 amide bonds. The number of rotatable bonds is 2. The number of hydrogen-bond acceptors (Lipinski definition) is 4. The second-order valence-corrected chi connectivity index (χ2v) is 5.78. The Labute approximate surface area is 132 Å². The van der Waals surface area contributed by atoms with Gasteiger partial charge in [-0.3, -0.25) is 0 Å². The highest BCUT2D eigenvalue weighted by Gasteiger charge is 2.16. The van der Waals surface area contributed by atoms with Crippen LogP contribution in [0.5, 0.6) is 0 Å². The smallest absolute Gasteiger partial charge is 0.222 e. The molecule has 3 aromatic rings. The molecule has 4 rings (SSSR count). The molecule has 1 atom stereocenters. The average Bonchev–Trinajstić information content (AvgIpc) is 3.05. The first-order valence-corrected chi connectivity index (χ1v) is 7.76. The van der Waals surface area contributed by atoms with Crippen LogP contribution in [0.4, 0.5) is 0 Å². The molecule has 112 valence electrons. The largest absolute Gasteiger partial charge is 0.357 e. The van der Waals surface area contributed by atoms with Crippen LogP contribution in [-0.4, -0.2) is 26.4 Å². The fourth-order valence-electron chi connectivity index (χ4n) is 2.77. The Morgan fingerprint density at radius 1 is 1.18 bits per heavy atom. The van der Waals surface area contributed by atoms with Gasteiger partial charge >= 0.3 is 0 Å². The first kappa shape index (κ1) is 13.7. The number of benzene rings is 1. The van der Waals surface area contributed by atoms with E-state index in [1.54, 1.807) is 6.20 Å². The second-order valence-electron chi connectivity index (χ2n) is 5.44. The lowest BCUT2D eigenvalue weighted by Crippen LogP contribution is -2.18. The van der Waals surface area contributed by atoms with Crippen molar-refractivity contribution in [3.63, 3.8) is 0 Å². The second kappa shape index (κ2) is 5.66. The Hall–Kier alpha value is -1.98. The number of fused-ring (bicyclic) bond motifs is 1. The maximum atomic E-state index is 5.82. The molecule has 0 aliphatic carbocycles. The third kappa shape index (κ3) is 2.58. The van der Waals surface area contributed by atoms with E-state index in [9.17, 15) is 0 Å². The van der Waals surface area contributed by atoms with Crippen LogP contribution in [0.15, 0.2) is 36.8 Å². The van der Waals surface area contributed by atoms with E-state index in [0.717, 1.165) is 41.5 Å². The minimum atomic E-state index is 0.0603. The van der Waals surface area contributed by atoms with E-state index in [0.29, 0.717) is 0 Å². The zero-order chi connectivity index (χ0) is 14.9. The van der Waals surface area contributed by atoms with E-state index in [1.165, 1.54) is 6.42 Å². The molecule has 0 radical (unpaired) electrons. The monoisotopic (exact) mass is 314 g/mol. The normalized spacial score (nSPS) is 18.7. The number of ether oxygens (including phenoxy) is 1. The summed E-state index contributed by atoms with van der Waals surface area (Å²) in [6.45, 7) is 0.813. The molecule has 5 nitrogen and oxygen atoms in total. The van der Waals surface area contributed by atoms with Crippen molar-refractivity contribution < 1.29 is 4.74 Å². The molecular weight excluding hydrogens is 300 g/mol. The molecule has 0 saturated carbocycles. The molecule has 22 heavy (non-hydrogen) atoms. The summed E-state index contributed by atoms with van der Waals surface area (Å²) in [6.07, 6.45) is 9.05. The summed E-state index contributed by atoms with van der Waals surface area (Å²) in [7, 11) is 0. The molecule has 6 heteroatoms. The van der Waals surface area contributed by atoms with Crippen LogP contribution >= 0.6 is 11.6 Å². The van der Waals surface area contributed by atoms with Crippen LogP contribution in [0, 0.1) is 0 Å². The summed E-state index contributed by atoms with van der Waals surface area (Å²) < 4.78 is 7.68. The van der Waals surface area contributed by atoms with Gasteiger partial charge < -0.3 is 4.74 Å². The quantitative estimate of drug-likeness (QED) is 0.674. The zero-order valence-electron chi connectivity index (χ0n) is 11.9. The summed E-state index contributed by atoms with van der Waals surface area (Å²) in [5.41, 5.74) is 2.98.